The third-order valence-corrected chi connectivity index (χ3v) is 5.99. The van der Waals surface area contributed by atoms with Crippen LogP contribution in [0.25, 0.3) is 11.3 Å². The van der Waals surface area contributed by atoms with Crippen molar-refractivity contribution in [2.75, 3.05) is 18.6 Å². The van der Waals surface area contributed by atoms with Crippen molar-refractivity contribution in [1.82, 2.24) is 4.98 Å². The van der Waals surface area contributed by atoms with E-state index in [1.807, 2.05) is 60.4 Å². The molecule has 3 rings (SSSR count). The third kappa shape index (κ3) is 5.56. The minimum Gasteiger partial charge on any atom is -0.481 e. The number of benzene rings is 2. The number of halogens is 1. The Morgan fingerprint density at radius 1 is 1.24 bits per heavy atom. The van der Waals surface area contributed by atoms with Gasteiger partial charge in [0.1, 0.15) is 0 Å². The van der Waals surface area contributed by atoms with Gasteiger partial charge in [0.15, 0.2) is 5.13 Å². The lowest BCUT2D eigenvalue weighted by Crippen LogP contribution is -2.25. The molecule has 0 fully saturated rings. The molecule has 0 saturated heterocycles. The van der Waals surface area contributed by atoms with E-state index in [2.05, 4.69) is 0 Å². The highest BCUT2D eigenvalue weighted by atomic mass is 35.5. The molecule has 0 saturated carbocycles. The van der Waals surface area contributed by atoms with Gasteiger partial charge in [-0.05, 0) is 24.1 Å². The summed E-state index contributed by atoms with van der Waals surface area (Å²) in [5.41, 5.74) is 3.85. The molecule has 0 bridgehead atoms. The van der Waals surface area contributed by atoms with Crippen LogP contribution in [0.3, 0.4) is 0 Å². The van der Waals surface area contributed by atoms with E-state index in [4.69, 9.17) is 21.3 Å². The fourth-order valence-corrected chi connectivity index (χ4v) is 4.21. The Labute approximate surface area is 179 Å². The molecule has 2 aromatic carbocycles. The van der Waals surface area contributed by atoms with E-state index < -0.39 is 5.97 Å². The number of nitrogens with zero attached hydrogens (tertiary/aromatic N) is 2. The maximum atomic E-state index is 11.2. The van der Waals surface area contributed by atoms with Crippen molar-refractivity contribution in [2.24, 2.45) is 0 Å². The normalized spacial score (nSPS) is 10.9. The summed E-state index contributed by atoms with van der Waals surface area (Å²) in [4.78, 5) is 19.0. The van der Waals surface area contributed by atoms with Gasteiger partial charge in [0.05, 0.1) is 23.6 Å². The van der Waals surface area contributed by atoms with Crippen molar-refractivity contribution in [3.8, 4) is 11.3 Å². The number of thiazole rings is 1. The fraction of sp³-hybridized carbons (Fsp3) is 0.273. The van der Waals surface area contributed by atoms with Crippen LogP contribution in [0.5, 0.6) is 0 Å². The minimum atomic E-state index is -0.831. The molecule has 0 radical (unpaired) electrons. The summed E-state index contributed by atoms with van der Waals surface area (Å²) in [5.74, 6) is -0.831. The second kappa shape index (κ2) is 9.87. The maximum absolute atomic E-state index is 11.2. The third-order valence-electron chi connectivity index (χ3n) is 4.49. The van der Waals surface area contributed by atoms with Gasteiger partial charge in [-0.15, -0.1) is 0 Å². The first-order valence-electron chi connectivity index (χ1n) is 9.23. The smallest absolute Gasteiger partial charge is 0.305 e. The molecule has 0 atom stereocenters. The number of carbonyl (C=O) groups is 1. The van der Waals surface area contributed by atoms with Crippen LogP contribution >= 0.6 is 22.9 Å². The summed E-state index contributed by atoms with van der Waals surface area (Å²) in [7, 11) is 1.65. The average Bonchev–Trinajstić information content (AvgIpc) is 3.12. The Kier molecular flexibility index (Phi) is 7.25. The van der Waals surface area contributed by atoms with Gasteiger partial charge in [-0.25, -0.2) is 4.98 Å². The molecule has 0 aliphatic rings. The molecule has 1 heterocycles. The van der Waals surface area contributed by atoms with Crippen molar-refractivity contribution in [1.29, 1.82) is 0 Å². The number of anilines is 1. The minimum absolute atomic E-state index is 0.0394. The molecule has 152 valence electrons. The first-order valence-corrected chi connectivity index (χ1v) is 10.4. The second-order valence-electron chi connectivity index (χ2n) is 6.72. The van der Waals surface area contributed by atoms with Crippen LogP contribution in [-0.2, 0) is 22.7 Å². The molecule has 7 heteroatoms. The lowest BCUT2D eigenvalue weighted by molar-refractivity contribution is -0.136. The first kappa shape index (κ1) is 21.3. The summed E-state index contributed by atoms with van der Waals surface area (Å²) in [6.07, 6.45) is 0.0394. The average molecular weight is 431 g/mol. The molecule has 0 aliphatic heterocycles. The van der Waals surface area contributed by atoms with Crippen LogP contribution in [0.15, 0.2) is 48.5 Å². The van der Waals surface area contributed by atoms with E-state index in [1.54, 1.807) is 7.11 Å². The summed E-state index contributed by atoms with van der Waals surface area (Å²) in [6, 6.07) is 15.8. The van der Waals surface area contributed by atoms with Crippen molar-refractivity contribution in [3.63, 3.8) is 0 Å². The van der Waals surface area contributed by atoms with Gasteiger partial charge < -0.3 is 14.7 Å². The highest BCUT2D eigenvalue weighted by molar-refractivity contribution is 7.16. The zero-order valence-corrected chi connectivity index (χ0v) is 18.0. The lowest BCUT2D eigenvalue weighted by atomic mass is 10.1. The van der Waals surface area contributed by atoms with E-state index in [0.29, 0.717) is 24.7 Å². The van der Waals surface area contributed by atoms with Crippen LogP contribution in [0.1, 0.15) is 22.4 Å². The molecule has 5 nitrogen and oxygen atoms in total. The molecule has 3 aromatic rings. The van der Waals surface area contributed by atoms with Gasteiger partial charge in [-0.2, -0.15) is 0 Å². The van der Waals surface area contributed by atoms with E-state index in [9.17, 15) is 9.90 Å². The summed E-state index contributed by atoms with van der Waals surface area (Å²) in [5, 5.41) is 10.6. The molecule has 1 aromatic heterocycles. The van der Waals surface area contributed by atoms with Crippen LogP contribution in [-0.4, -0.2) is 29.7 Å². The first-order chi connectivity index (χ1) is 14.0. The van der Waals surface area contributed by atoms with E-state index in [1.165, 1.54) is 11.3 Å². The quantitative estimate of drug-likeness (QED) is 0.492. The van der Waals surface area contributed by atoms with Crippen molar-refractivity contribution in [2.45, 2.75) is 26.5 Å². The number of carboxylic acids is 1. The fourth-order valence-electron chi connectivity index (χ4n) is 2.95. The van der Waals surface area contributed by atoms with Gasteiger partial charge in [-0.1, -0.05) is 65.4 Å². The zero-order chi connectivity index (χ0) is 20.8. The number of aromatic nitrogens is 1. The molecule has 0 aliphatic carbocycles. The molecular weight excluding hydrogens is 408 g/mol. The molecule has 0 spiro atoms. The number of aryl methyl sites for hydroxylation is 1. The molecule has 29 heavy (non-hydrogen) atoms. The van der Waals surface area contributed by atoms with E-state index in [-0.39, 0.29) is 6.42 Å². The molecular formula is C22H23ClN2O3S. The van der Waals surface area contributed by atoms with Crippen molar-refractivity contribution in [3.05, 3.63) is 69.6 Å². The van der Waals surface area contributed by atoms with Crippen LogP contribution in [0, 0.1) is 6.92 Å². The number of carboxylic acid groups (broad SMARTS) is 1. The Balaban J connectivity index is 1.98. The number of rotatable bonds is 9. The molecule has 0 unspecified atom stereocenters. The predicted molar refractivity (Wildman–Crippen MR) is 118 cm³/mol. The lowest BCUT2D eigenvalue weighted by Gasteiger charge is -2.21. The Morgan fingerprint density at radius 2 is 2.00 bits per heavy atom. The van der Waals surface area contributed by atoms with Crippen LogP contribution in [0.2, 0.25) is 5.02 Å². The van der Waals surface area contributed by atoms with Gasteiger partial charge in [-0.3, -0.25) is 4.79 Å². The summed E-state index contributed by atoms with van der Waals surface area (Å²) < 4.78 is 5.38. The highest BCUT2D eigenvalue weighted by Gasteiger charge is 2.19. The zero-order valence-electron chi connectivity index (χ0n) is 16.4. The largest absolute Gasteiger partial charge is 0.481 e. The number of ether oxygens (including phenoxy) is 1. The summed E-state index contributed by atoms with van der Waals surface area (Å²) in [6.45, 7) is 3.35. The number of methoxy groups -OCH3 is 1. The topological polar surface area (TPSA) is 62.7 Å². The maximum Gasteiger partial charge on any atom is 0.305 e. The van der Waals surface area contributed by atoms with Crippen LogP contribution in [0.4, 0.5) is 5.13 Å². The number of hydrogen-bond donors (Lipinski definition) is 1. The number of hydrogen-bond acceptors (Lipinski definition) is 5. The van der Waals surface area contributed by atoms with Gasteiger partial charge in [0.2, 0.25) is 0 Å². The summed E-state index contributed by atoms with van der Waals surface area (Å²) >= 11 is 7.84. The highest BCUT2D eigenvalue weighted by Crippen LogP contribution is 2.36. The van der Waals surface area contributed by atoms with Crippen molar-refractivity contribution >= 4 is 34.0 Å². The van der Waals surface area contributed by atoms with Crippen molar-refractivity contribution < 1.29 is 14.6 Å². The van der Waals surface area contributed by atoms with Gasteiger partial charge >= 0.3 is 5.97 Å². The Bertz CT molecular complexity index is 975. The van der Waals surface area contributed by atoms with E-state index >= 15 is 0 Å². The monoisotopic (exact) mass is 430 g/mol. The van der Waals surface area contributed by atoms with E-state index in [0.717, 1.165) is 32.4 Å². The number of aliphatic carboxylic acids is 1. The van der Waals surface area contributed by atoms with Crippen LogP contribution < -0.4 is 4.90 Å². The predicted octanol–water partition coefficient (Wildman–Crippen LogP) is 5.40. The molecule has 1 N–H and O–H groups in total. The standard InChI is InChI=1S/C22H23ClN2O3S/c1-15-8-9-17(12-18(15)23)21-19(14-28-2)29-22(24-21)25(11-10-20(26)27)13-16-6-4-3-5-7-16/h3-9,12H,10-11,13-14H2,1-2H3,(H,26,27). The molecule has 0 amide bonds. The van der Waals surface area contributed by atoms with Gasteiger partial charge in [0.25, 0.3) is 0 Å². The van der Waals surface area contributed by atoms with Gasteiger partial charge in [0, 0.05) is 30.8 Å². The SMILES string of the molecule is COCc1sc(N(CCC(=O)O)Cc2ccccc2)nc1-c1ccc(C)c(Cl)c1. The Hall–Kier alpha value is -2.41. The second-order valence-corrected chi connectivity index (χ2v) is 8.19. The Morgan fingerprint density at radius 3 is 2.66 bits per heavy atom.